The SMILES string of the molecule is CC[C@H](O)Cn1c(CN2CCC(c3cccc4c3O[C@@H](c3ccc(Cl)cc3F)C=C4Cl)CC2)nc2ccc(C(=O)O)nc21. The number of carboxylic acids is 1. The number of para-hydroxylation sites is 1. The molecule has 2 aliphatic heterocycles. The number of halogens is 3. The lowest BCUT2D eigenvalue weighted by atomic mass is 9.87. The number of hydrogen-bond acceptors (Lipinski definition) is 6. The Morgan fingerprint density at radius 3 is 2.63 bits per heavy atom. The molecular weight excluding hydrogens is 594 g/mol. The van der Waals surface area contributed by atoms with Crippen LogP contribution >= 0.6 is 23.2 Å². The minimum Gasteiger partial charge on any atom is -0.480 e. The number of imidazole rings is 1. The molecule has 2 aromatic carbocycles. The van der Waals surface area contributed by atoms with Gasteiger partial charge < -0.3 is 19.5 Å². The average Bonchev–Trinajstić information content (AvgIpc) is 3.32. The van der Waals surface area contributed by atoms with Gasteiger partial charge in [-0.25, -0.2) is 19.2 Å². The number of aliphatic hydroxyl groups is 1. The van der Waals surface area contributed by atoms with Crippen LogP contribution in [0.3, 0.4) is 0 Å². The Labute approximate surface area is 258 Å². The Morgan fingerprint density at radius 1 is 1.12 bits per heavy atom. The smallest absolute Gasteiger partial charge is 0.354 e. The number of aliphatic hydroxyl groups excluding tert-OH is 1. The number of carboxylic acid groups (broad SMARTS) is 1. The standard InChI is InChI=1S/C32H31Cl2FN4O4/c1-2-20(40)16-39-29(36-26-8-9-27(32(41)42)37-31(26)39)17-38-12-10-18(11-13-38)21-4-3-5-22-24(34)15-28(43-30(21)22)23-7-6-19(33)14-25(23)35/h3-9,14-15,18,20,28,40H,2,10-13,16-17H2,1H3,(H,41,42)/t20-,28+/m0/s1. The number of likely N-dealkylation sites (tertiary alicyclic amines) is 1. The normalized spacial score (nSPS) is 18.3. The lowest BCUT2D eigenvalue weighted by Crippen LogP contribution is -2.34. The van der Waals surface area contributed by atoms with Crippen LogP contribution in [0.1, 0.15) is 71.2 Å². The topological polar surface area (TPSA) is 101 Å². The molecule has 2 atom stereocenters. The number of fused-ring (bicyclic) bond motifs is 2. The van der Waals surface area contributed by atoms with Crippen LogP contribution in [0.15, 0.2) is 54.6 Å². The van der Waals surface area contributed by atoms with Crippen LogP contribution < -0.4 is 4.74 Å². The summed E-state index contributed by atoms with van der Waals surface area (Å²) in [6.07, 6.45) is 2.73. The van der Waals surface area contributed by atoms with Crippen LogP contribution in [0.25, 0.3) is 16.2 Å². The van der Waals surface area contributed by atoms with Crippen molar-refractivity contribution in [2.45, 2.75) is 57.4 Å². The second kappa shape index (κ2) is 12.2. The average molecular weight is 626 g/mol. The minimum absolute atomic E-state index is 0.0589. The van der Waals surface area contributed by atoms with Gasteiger partial charge in [-0.15, -0.1) is 0 Å². The lowest BCUT2D eigenvalue weighted by molar-refractivity contribution is 0.0691. The highest BCUT2D eigenvalue weighted by Crippen LogP contribution is 2.45. The van der Waals surface area contributed by atoms with Crippen molar-refractivity contribution in [2.24, 2.45) is 0 Å². The van der Waals surface area contributed by atoms with Crippen LogP contribution in [0.5, 0.6) is 5.75 Å². The number of rotatable bonds is 8. The summed E-state index contributed by atoms with van der Waals surface area (Å²) in [5.41, 5.74) is 3.22. The van der Waals surface area contributed by atoms with E-state index < -0.39 is 24.0 Å². The van der Waals surface area contributed by atoms with Gasteiger partial charge in [0.2, 0.25) is 0 Å². The Hall–Kier alpha value is -3.50. The van der Waals surface area contributed by atoms with Gasteiger partial charge >= 0.3 is 5.97 Å². The number of piperidine rings is 1. The molecule has 0 saturated carbocycles. The first-order valence-corrected chi connectivity index (χ1v) is 15.1. The van der Waals surface area contributed by atoms with Crippen molar-refractivity contribution in [3.8, 4) is 5.75 Å². The van der Waals surface area contributed by atoms with Crippen LogP contribution in [0, 0.1) is 5.82 Å². The second-order valence-electron chi connectivity index (χ2n) is 11.0. The maximum Gasteiger partial charge on any atom is 0.354 e. The predicted octanol–water partition coefficient (Wildman–Crippen LogP) is 6.79. The monoisotopic (exact) mass is 624 g/mol. The van der Waals surface area contributed by atoms with Crippen LogP contribution in [-0.2, 0) is 13.1 Å². The third kappa shape index (κ3) is 5.99. The third-order valence-electron chi connectivity index (χ3n) is 8.26. The number of hydrogen-bond donors (Lipinski definition) is 2. The maximum absolute atomic E-state index is 14.8. The van der Waals surface area contributed by atoms with E-state index in [0.29, 0.717) is 45.5 Å². The summed E-state index contributed by atoms with van der Waals surface area (Å²) in [5, 5.41) is 20.7. The van der Waals surface area contributed by atoms with Crippen molar-refractivity contribution in [1.29, 1.82) is 0 Å². The molecule has 4 aromatic rings. The second-order valence-corrected chi connectivity index (χ2v) is 11.9. The summed E-state index contributed by atoms with van der Waals surface area (Å²) in [4.78, 5) is 22.9. The number of ether oxygens (including phenoxy) is 1. The first-order valence-electron chi connectivity index (χ1n) is 14.3. The van der Waals surface area contributed by atoms with Gasteiger partial charge in [-0.1, -0.05) is 48.3 Å². The van der Waals surface area contributed by atoms with Gasteiger partial charge in [0.25, 0.3) is 0 Å². The number of benzene rings is 2. The van der Waals surface area contributed by atoms with Gasteiger partial charge in [0.1, 0.15) is 29.0 Å². The summed E-state index contributed by atoms with van der Waals surface area (Å²) in [6, 6.07) is 13.6. The van der Waals surface area contributed by atoms with Gasteiger partial charge in [0.15, 0.2) is 11.3 Å². The largest absolute Gasteiger partial charge is 0.480 e. The Kier molecular flexibility index (Phi) is 8.42. The van der Waals surface area contributed by atoms with Crippen molar-refractivity contribution in [2.75, 3.05) is 13.1 Å². The molecule has 1 saturated heterocycles. The van der Waals surface area contributed by atoms with E-state index in [1.807, 2.05) is 23.6 Å². The molecule has 0 radical (unpaired) electrons. The van der Waals surface area contributed by atoms with Crippen molar-refractivity contribution in [3.05, 3.63) is 93.7 Å². The Balaban J connectivity index is 1.21. The van der Waals surface area contributed by atoms with E-state index in [2.05, 4.69) is 16.0 Å². The molecular formula is C32H31Cl2FN4O4. The summed E-state index contributed by atoms with van der Waals surface area (Å²) >= 11 is 12.6. The zero-order chi connectivity index (χ0) is 30.2. The van der Waals surface area contributed by atoms with E-state index in [-0.39, 0.29) is 18.2 Å². The Morgan fingerprint density at radius 2 is 1.91 bits per heavy atom. The fourth-order valence-corrected chi connectivity index (χ4v) is 6.31. The van der Waals surface area contributed by atoms with Gasteiger partial charge in [0, 0.05) is 16.1 Å². The molecule has 0 bridgehead atoms. The Bertz CT molecular complexity index is 1720. The molecule has 224 valence electrons. The molecule has 11 heteroatoms. The van der Waals surface area contributed by atoms with Crippen molar-refractivity contribution < 1.29 is 24.1 Å². The number of pyridine rings is 1. The number of nitrogens with zero attached hydrogens (tertiary/aromatic N) is 4. The number of carbonyl (C=O) groups is 1. The van der Waals surface area contributed by atoms with E-state index in [1.54, 1.807) is 24.3 Å². The molecule has 2 aliphatic rings. The molecule has 4 heterocycles. The van der Waals surface area contributed by atoms with Gasteiger partial charge in [-0.2, -0.15) is 0 Å². The molecule has 1 fully saturated rings. The molecule has 8 nitrogen and oxygen atoms in total. The molecule has 43 heavy (non-hydrogen) atoms. The molecule has 0 spiro atoms. The molecule has 0 unspecified atom stereocenters. The molecule has 0 amide bonds. The van der Waals surface area contributed by atoms with E-state index in [4.69, 9.17) is 32.9 Å². The van der Waals surface area contributed by atoms with Crippen molar-refractivity contribution in [3.63, 3.8) is 0 Å². The van der Waals surface area contributed by atoms with Crippen LogP contribution in [0.4, 0.5) is 4.39 Å². The molecule has 2 aromatic heterocycles. The van der Waals surface area contributed by atoms with Gasteiger partial charge in [-0.3, -0.25) is 4.90 Å². The molecule has 6 rings (SSSR count). The fraction of sp³-hybridized carbons (Fsp3) is 0.344. The first kappa shape index (κ1) is 29.6. The van der Waals surface area contributed by atoms with Gasteiger partial charge in [-0.05, 0) is 80.2 Å². The van der Waals surface area contributed by atoms with Crippen LogP contribution in [-0.4, -0.2) is 54.8 Å². The maximum atomic E-state index is 14.8. The number of aromatic carboxylic acids is 1. The predicted molar refractivity (Wildman–Crippen MR) is 163 cm³/mol. The van der Waals surface area contributed by atoms with E-state index in [0.717, 1.165) is 42.9 Å². The highest BCUT2D eigenvalue weighted by atomic mass is 35.5. The lowest BCUT2D eigenvalue weighted by Gasteiger charge is -2.34. The van der Waals surface area contributed by atoms with Crippen molar-refractivity contribution >= 4 is 45.4 Å². The number of aromatic nitrogens is 3. The summed E-state index contributed by atoms with van der Waals surface area (Å²) < 4.78 is 23.0. The fourth-order valence-electron chi connectivity index (χ4n) is 5.89. The molecule has 0 aliphatic carbocycles. The summed E-state index contributed by atoms with van der Waals surface area (Å²) in [7, 11) is 0. The molecule has 2 N–H and O–H groups in total. The third-order valence-corrected chi connectivity index (χ3v) is 8.83. The summed E-state index contributed by atoms with van der Waals surface area (Å²) in [6.45, 7) is 4.30. The highest BCUT2D eigenvalue weighted by Gasteiger charge is 2.30. The van der Waals surface area contributed by atoms with E-state index >= 15 is 0 Å². The zero-order valence-corrected chi connectivity index (χ0v) is 25.0. The minimum atomic E-state index is -1.11. The van der Waals surface area contributed by atoms with E-state index in [1.165, 1.54) is 12.1 Å². The highest BCUT2D eigenvalue weighted by molar-refractivity contribution is 6.49. The van der Waals surface area contributed by atoms with E-state index in [9.17, 15) is 19.4 Å². The quantitative estimate of drug-likeness (QED) is 0.223. The van der Waals surface area contributed by atoms with Crippen LogP contribution in [0.2, 0.25) is 5.02 Å². The van der Waals surface area contributed by atoms with Gasteiger partial charge in [0.05, 0.1) is 24.2 Å². The van der Waals surface area contributed by atoms with Crippen molar-refractivity contribution in [1.82, 2.24) is 19.4 Å². The summed E-state index contributed by atoms with van der Waals surface area (Å²) in [5.74, 6) is 0.0803. The first-order chi connectivity index (χ1) is 20.7. The zero-order valence-electron chi connectivity index (χ0n) is 23.5.